The van der Waals surface area contributed by atoms with E-state index in [0.29, 0.717) is 36.0 Å². The zero-order valence-corrected chi connectivity index (χ0v) is 17.2. The van der Waals surface area contributed by atoms with Gasteiger partial charge in [-0.1, -0.05) is 32.9 Å². The molecule has 0 radical (unpaired) electrons. The minimum absolute atomic E-state index is 0.0101. The summed E-state index contributed by atoms with van der Waals surface area (Å²) in [4.78, 5) is 36.6. The molecule has 0 saturated heterocycles. The molecular formula is C22H26N2O5. The van der Waals surface area contributed by atoms with Crippen LogP contribution in [-0.4, -0.2) is 23.3 Å². The highest BCUT2D eigenvalue weighted by atomic mass is 16.6. The molecule has 0 bridgehead atoms. The summed E-state index contributed by atoms with van der Waals surface area (Å²) < 4.78 is 5.30. The molecule has 1 N–H and O–H groups in total. The summed E-state index contributed by atoms with van der Waals surface area (Å²) in [6.07, 6.45) is 1.65. The number of dihydropyridines is 1. The number of nitro groups is 1. The van der Waals surface area contributed by atoms with Gasteiger partial charge in [0.1, 0.15) is 0 Å². The number of benzene rings is 1. The van der Waals surface area contributed by atoms with Crippen molar-refractivity contribution in [3.05, 3.63) is 62.5 Å². The molecule has 0 spiro atoms. The third-order valence-electron chi connectivity index (χ3n) is 5.41. The van der Waals surface area contributed by atoms with E-state index in [2.05, 4.69) is 5.32 Å². The van der Waals surface area contributed by atoms with Gasteiger partial charge in [-0.2, -0.15) is 0 Å². The number of ketones is 1. The molecule has 1 aliphatic carbocycles. The largest absolute Gasteiger partial charge is 0.463 e. The maximum atomic E-state index is 13.1. The van der Waals surface area contributed by atoms with Gasteiger partial charge in [0, 0.05) is 41.4 Å². The molecule has 2 aliphatic rings. The minimum Gasteiger partial charge on any atom is -0.463 e. The van der Waals surface area contributed by atoms with Gasteiger partial charge in [0.25, 0.3) is 5.69 Å². The van der Waals surface area contributed by atoms with Crippen LogP contribution in [0.1, 0.15) is 58.4 Å². The van der Waals surface area contributed by atoms with E-state index in [1.807, 2.05) is 20.8 Å². The number of Topliss-reactive ketones (excluding diaryl/α,β-unsaturated/α-hetero) is 1. The van der Waals surface area contributed by atoms with Gasteiger partial charge < -0.3 is 10.1 Å². The smallest absolute Gasteiger partial charge is 0.336 e. The molecule has 7 heteroatoms. The van der Waals surface area contributed by atoms with Crippen LogP contribution in [0.4, 0.5) is 5.69 Å². The first-order chi connectivity index (χ1) is 13.7. The first-order valence-electron chi connectivity index (χ1n) is 9.86. The Kier molecular flexibility index (Phi) is 5.59. The number of ether oxygens (including phenoxy) is 1. The van der Waals surface area contributed by atoms with Crippen LogP contribution >= 0.6 is 0 Å². The Balaban J connectivity index is 2.19. The summed E-state index contributed by atoms with van der Waals surface area (Å²) in [5, 5.41) is 14.4. The normalized spacial score (nSPS) is 20.8. The molecule has 0 amide bonds. The first kappa shape index (κ1) is 20.8. The lowest BCUT2D eigenvalue weighted by molar-refractivity contribution is -0.384. The van der Waals surface area contributed by atoms with E-state index in [1.54, 1.807) is 19.1 Å². The van der Waals surface area contributed by atoms with Crippen LogP contribution in [0.25, 0.3) is 0 Å². The van der Waals surface area contributed by atoms with Crippen LogP contribution in [-0.2, 0) is 14.3 Å². The number of esters is 1. The molecule has 3 rings (SSSR count). The second kappa shape index (κ2) is 7.81. The Labute approximate surface area is 170 Å². The number of rotatable bonds is 5. The van der Waals surface area contributed by atoms with Gasteiger partial charge in [-0.15, -0.1) is 0 Å². The molecule has 29 heavy (non-hydrogen) atoms. The number of hydrogen-bond acceptors (Lipinski definition) is 6. The fraction of sp³-hybridized carbons (Fsp3) is 0.455. The van der Waals surface area contributed by atoms with E-state index in [0.717, 1.165) is 11.4 Å². The van der Waals surface area contributed by atoms with Gasteiger partial charge in [0.15, 0.2) is 5.78 Å². The Morgan fingerprint density at radius 3 is 2.45 bits per heavy atom. The zero-order chi connectivity index (χ0) is 21.3. The van der Waals surface area contributed by atoms with E-state index in [1.165, 1.54) is 12.1 Å². The third kappa shape index (κ3) is 3.95. The zero-order valence-electron chi connectivity index (χ0n) is 17.2. The molecule has 1 aromatic carbocycles. The average molecular weight is 398 g/mol. The summed E-state index contributed by atoms with van der Waals surface area (Å²) in [5.74, 6) is -1.07. The van der Waals surface area contributed by atoms with E-state index in [4.69, 9.17) is 4.74 Å². The standard InChI is InChI=1S/C22H26N2O5/c1-5-15-20(21(26)29-6-2)18(13-7-9-14(10-8-13)24(27)28)19-16(23-15)11-22(3,4)12-17(19)25/h7-10,18,23H,5-6,11-12H2,1-4H3/t18-/m1/s1. The second-order valence-electron chi connectivity index (χ2n) is 8.21. The van der Waals surface area contributed by atoms with Crippen molar-refractivity contribution in [3.8, 4) is 0 Å². The van der Waals surface area contributed by atoms with Crippen LogP contribution in [0, 0.1) is 15.5 Å². The van der Waals surface area contributed by atoms with E-state index in [-0.39, 0.29) is 23.5 Å². The number of allylic oxidation sites excluding steroid dienone is 3. The number of hydrogen-bond donors (Lipinski definition) is 1. The topological polar surface area (TPSA) is 98.5 Å². The number of nitrogens with zero attached hydrogens (tertiary/aromatic N) is 1. The van der Waals surface area contributed by atoms with E-state index >= 15 is 0 Å². The van der Waals surface area contributed by atoms with E-state index in [9.17, 15) is 19.7 Å². The molecule has 1 heterocycles. The number of carbonyl (C=O) groups is 2. The van der Waals surface area contributed by atoms with Crippen molar-refractivity contribution in [2.24, 2.45) is 5.41 Å². The Hall–Kier alpha value is -2.96. The first-order valence-corrected chi connectivity index (χ1v) is 9.86. The quantitative estimate of drug-likeness (QED) is 0.454. The molecule has 1 aliphatic heterocycles. The van der Waals surface area contributed by atoms with Crippen molar-refractivity contribution in [2.75, 3.05) is 6.61 Å². The lowest BCUT2D eigenvalue weighted by Crippen LogP contribution is -2.39. The van der Waals surface area contributed by atoms with Gasteiger partial charge >= 0.3 is 5.97 Å². The van der Waals surface area contributed by atoms with Crippen LogP contribution < -0.4 is 5.32 Å². The van der Waals surface area contributed by atoms with Crippen LogP contribution in [0.5, 0.6) is 0 Å². The number of carbonyl (C=O) groups excluding carboxylic acids is 2. The fourth-order valence-electron chi connectivity index (χ4n) is 4.20. The fourth-order valence-corrected chi connectivity index (χ4v) is 4.20. The van der Waals surface area contributed by atoms with Gasteiger partial charge in [0.05, 0.1) is 17.1 Å². The van der Waals surface area contributed by atoms with Crippen LogP contribution in [0.2, 0.25) is 0 Å². The van der Waals surface area contributed by atoms with Crippen molar-refractivity contribution in [3.63, 3.8) is 0 Å². The Bertz CT molecular complexity index is 925. The molecule has 0 fully saturated rings. The minimum atomic E-state index is -0.593. The highest BCUT2D eigenvalue weighted by molar-refractivity contribution is 6.04. The molecule has 0 unspecified atom stereocenters. The third-order valence-corrected chi connectivity index (χ3v) is 5.41. The lowest BCUT2D eigenvalue weighted by atomic mass is 9.68. The lowest BCUT2D eigenvalue weighted by Gasteiger charge is -2.39. The van der Waals surface area contributed by atoms with Gasteiger partial charge in [-0.05, 0) is 30.7 Å². The summed E-state index contributed by atoms with van der Waals surface area (Å²) in [6.45, 7) is 8.00. The number of non-ortho nitro benzene ring substituents is 1. The molecule has 0 saturated carbocycles. The van der Waals surface area contributed by atoms with Crippen molar-refractivity contribution < 1.29 is 19.2 Å². The van der Waals surface area contributed by atoms with Crippen LogP contribution in [0.15, 0.2) is 46.8 Å². The van der Waals surface area contributed by atoms with Crippen molar-refractivity contribution in [1.82, 2.24) is 5.32 Å². The van der Waals surface area contributed by atoms with Crippen molar-refractivity contribution in [2.45, 2.75) is 52.9 Å². The average Bonchev–Trinajstić information content (AvgIpc) is 2.65. The molecule has 0 aromatic heterocycles. The number of nitrogens with one attached hydrogen (secondary N) is 1. The monoisotopic (exact) mass is 398 g/mol. The highest BCUT2D eigenvalue weighted by Crippen LogP contribution is 2.47. The molecule has 154 valence electrons. The molecule has 1 atom stereocenters. The summed E-state index contributed by atoms with van der Waals surface area (Å²) in [6, 6.07) is 6.06. The maximum absolute atomic E-state index is 13.1. The molecule has 7 nitrogen and oxygen atoms in total. The molecular weight excluding hydrogens is 372 g/mol. The highest BCUT2D eigenvalue weighted by Gasteiger charge is 2.43. The summed E-state index contributed by atoms with van der Waals surface area (Å²) in [7, 11) is 0. The Morgan fingerprint density at radius 1 is 1.24 bits per heavy atom. The second-order valence-corrected chi connectivity index (χ2v) is 8.21. The summed E-state index contributed by atoms with van der Waals surface area (Å²) >= 11 is 0. The van der Waals surface area contributed by atoms with Gasteiger partial charge in [-0.25, -0.2) is 4.79 Å². The predicted molar refractivity (Wildman–Crippen MR) is 108 cm³/mol. The number of nitro benzene ring substituents is 1. The predicted octanol–water partition coefficient (Wildman–Crippen LogP) is 4.15. The van der Waals surface area contributed by atoms with Gasteiger partial charge in [-0.3, -0.25) is 14.9 Å². The van der Waals surface area contributed by atoms with Gasteiger partial charge in [0.2, 0.25) is 0 Å². The Morgan fingerprint density at radius 2 is 1.90 bits per heavy atom. The van der Waals surface area contributed by atoms with E-state index < -0.39 is 16.8 Å². The van der Waals surface area contributed by atoms with Crippen molar-refractivity contribution in [1.29, 1.82) is 0 Å². The molecule has 1 aromatic rings. The maximum Gasteiger partial charge on any atom is 0.336 e. The summed E-state index contributed by atoms with van der Waals surface area (Å²) in [5.41, 5.74) is 3.00. The van der Waals surface area contributed by atoms with Crippen molar-refractivity contribution >= 4 is 17.4 Å². The SMILES string of the molecule is CCOC(=O)C1=C(CC)NC2=C(C(=O)CC(C)(C)C2)[C@H]1c1ccc([N+](=O)[O-])cc1. The van der Waals surface area contributed by atoms with Crippen LogP contribution in [0.3, 0.4) is 0 Å².